The fraction of sp³-hybridized carbons (Fsp3) is 0.400. The maximum absolute atomic E-state index is 11.3. The molecule has 9 heteroatoms. The fourth-order valence-electron chi connectivity index (χ4n) is 1.03. The summed E-state index contributed by atoms with van der Waals surface area (Å²) in [5.41, 5.74) is 0. The lowest BCUT2D eigenvalue weighted by atomic mass is 10.3. The Hall–Kier alpha value is -1.16. The highest BCUT2D eigenvalue weighted by molar-refractivity contribution is 7.95. The summed E-state index contributed by atoms with van der Waals surface area (Å²) in [6.07, 6.45) is 1.16. The molecule has 0 aliphatic heterocycles. The molecule has 0 atom stereocenters. The summed E-state index contributed by atoms with van der Waals surface area (Å²) in [5, 5.41) is 0. The first-order valence-corrected chi connectivity index (χ1v) is 8.11. The molecule has 0 N–H and O–H groups in total. The Morgan fingerprint density at radius 1 is 1.00 bits per heavy atom. The molecule has 1 aromatic carbocycles. The van der Waals surface area contributed by atoms with E-state index in [9.17, 15) is 16.8 Å². The molecule has 0 bridgehead atoms. The minimum Gasteiger partial charge on any atom is -0.361 e. The van der Waals surface area contributed by atoms with Gasteiger partial charge < -0.3 is 4.18 Å². The Kier molecular flexibility index (Phi) is 5.73. The van der Waals surface area contributed by atoms with Gasteiger partial charge in [-0.3, -0.25) is 0 Å². The van der Waals surface area contributed by atoms with Gasteiger partial charge in [-0.25, -0.2) is 4.18 Å². The zero-order chi connectivity index (χ0) is 14.4. The average molecular weight is 310 g/mol. The zero-order valence-electron chi connectivity index (χ0n) is 10.2. The van der Waals surface area contributed by atoms with Crippen molar-refractivity contribution in [3.63, 3.8) is 0 Å². The fourth-order valence-corrected chi connectivity index (χ4v) is 2.79. The van der Waals surface area contributed by atoms with Crippen molar-refractivity contribution in [1.82, 2.24) is 0 Å². The molecule has 0 aliphatic rings. The van der Waals surface area contributed by atoms with Gasteiger partial charge >= 0.3 is 20.8 Å². The number of hydrogen-bond donors (Lipinski definition) is 0. The van der Waals surface area contributed by atoms with Gasteiger partial charge in [0.25, 0.3) is 0 Å². The van der Waals surface area contributed by atoms with Crippen LogP contribution in [0.1, 0.15) is 19.8 Å². The van der Waals surface area contributed by atoms with E-state index in [1.54, 1.807) is 6.07 Å². The Morgan fingerprint density at radius 2 is 1.63 bits per heavy atom. The van der Waals surface area contributed by atoms with Crippen molar-refractivity contribution in [3.05, 3.63) is 30.3 Å². The first kappa shape index (κ1) is 15.9. The molecule has 1 aromatic rings. The van der Waals surface area contributed by atoms with Gasteiger partial charge in [0.2, 0.25) is 0 Å². The van der Waals surface area contributed by atoms with E-state index >= 15 is 0 Å². The van der Waals surface area contributed by atoms with Crippen molar-refractivity contribution in [2.45, 2.75) is 19.8 Å². The molecule has 0 radical (unpaired) electrons. The number of unbranched alkanes of at least 4 members (excludes halogenated alkanes) is 1. The highest BCUT2D eigenvalue weighted by atomic mass is 32.3. The number of benzene rings is 1. The monoisotopic (exact) mass is 310 g/mol. The van der Waals surface area contributed by atoms with Crippen LogP contribution in [0, 0.1) is 0 Å². The SMILES string of the molecule is CCCCOS(=O)(=O)OS(=O)(=O)Oc1ccccc1. The molecule has 0 amide bonds. The first-order chi connectivity index (χ1) is 8.85. The van der Waals surface area contributed by atoms with E-state index in [1.165, 1.54) is 24.3 Å². The van der Waals surface area contributed by atoms with Crippen LogP contribution in [0.15, 0.2) is 30.3 Å². The molecule has 0 saturated heterocycles. The second kappa shape index (κ2) is 6.85. The molecule has 0 aliphatic carbocycles. The Morgan fingerprint density at radius 3 is 2.21 bits per heavy atom. The van der Waals surface area contributed by atoms with E-state index in [2.05, 4.69) is 12.0 Å². The maximum Gasteiger partial charge on any atom is 0.465 e. The van der Waals surface area contributed by atoms with Crippen LogP contribution in [0.5, 0.6) is 5.75 Å². The van der Waals surface area contributed by atoms with Crippen LogP contribution in [-0.2, 0) is 28.6 Å². The predicted octanol–water partition coefficient (Wildman–Crippen LogP) is 1.39. The van der Waals surface area contributed by atoms with Crippen LogP contribution in [0.4, 0.5) is 0 Å². The lowest BCUT2D eigenvalue weighted by molar-refractivity contribution is 0.262. The van der Waals surface area contributed by atoms with E-state index in [0.29, 0.717) is 12.8 Å². The second-order valence-corrected chi connectivity index (χ2v) is 6.04. The summed E-state index contributed by atoms with van der Waals surface area (Å²) in [5.74, 6) is -0.0636. The standard InChI is InChI=1S/C10H14O7S2/c1-2-3-9-15-18(11,12)17-19(13,14)16-10-7-5-4-6-8-10/h4-8H,2-3,9H2,1H3. The summed E-state index contributed by atoms with van der Waals surface area (Å²) in [6.45, 7) is 1.67. The molecular formula is C10H14O7S2. The molecular weight excluding hydrogens is 296 g/mol. The van der Waals surface area contributed by atoms with Gasteiger partial charge in [0.05, 0.1) is 6.61 Å². The van der Waals surface area contributed by atoms with Gasteiger partial charge in [0.15, 0.2) is 0 Å². The average Bonchev–Trinajstić information content (AvgIpc) is 2.28. The highest BCUT2D eigenvalue weighted by Crippen LogP contribution is 2.14. The van der Waals surface area contributed by atoms with Gasteiger partial charge in [0, 0.05) is 0 Å². The smallest absolute Gasteiger partial charge is 0.361 e. The Bertz CT molecular complexity index is 578. The third-order valence-corrected chi connectivity index (χ3v) is 4.02. The Labute approximate surface area is 112 Å². The molecule has 0 unspecified atom stereocenters. The molecule has 0 saturated carbocycles. The second-order valence-electron chi connectivity index (χ2n) is 3.46. The van der Waals surface area contributed by atoms with E-state index in [1.807, 2.05) is 6.92 Å². The van der Waals surface area contributed by atoms with Crippen molar-refractivity contribution in [3.8, 4) is 5.75 Å². The van der Waals surface area contributed by atoms with Gasteiger partial charge in [-0.1, -0.05) is 35.2 Å². The molecule has 0 spiro atoms. The summed E-state index contributed by atoms with van der Waals surface area (Å²) < 4.78 is 57.7. The summed E-state index contributed by atoms with van der Waals surface area (Å²) in [7, 11) is -9.39. The first-order valence-electron chi connectivity index (χ1n) is 5.44. The van der Waals surface area contributed by atoms with Crippen LogP contribution >= 0.6 is 0 Å². The van der Waals surface area contributed by atoms with E-state index < -0.39 is 20.8 Å². The van der Waals surface area contributed by atoms with Crippen LogP contribution < -0.4 is 4.18 Å². The number of para-hydroxylation sites is 1. The van der Waals surface area contributed by atoms with Crippen molar-refractivity contribution >= 4 is 20.8 Å². The van der Waals surface area contributed by atoms with Crippen molar-refractivity contribution in [2.24, 2.45) is 0 Å². The highest BCUT2D eigenvalue weighted by Gasteiger charge is 2.25. The van der Waals surface area contributed by atoms with Crippen LogP contribution in [0.25, 0.3) is 0 Å². The van der Waals surface area contributed by atoms with Gasteiger partial charge in [-0.2, -0.15) is 16.8 Å². The van der Waals surface area contributed by atoms with E-state index in [0.717, 1.165) is 0 Å². The maximum atomic E-state index is 11.3. The van der Waals surface area contributed by atoms with Crippen LogP contribution in [-0.4, -0.2) is 23.4 Å². The molecule has 7 nitrogen and oxygen atoms in total. The van der Waals surface area contributed by atoms with E-state index in [-0.39, 0.29) is 12.4 Å². The number of rotatable bonds is 8. The van der Waals surface area contributed by atoms with Crippen LogP contribution in [0.2, 0.25) is 0 Å². The molecule has 0 fully saturated rings. The third kappa shape index (κ3) is 6.53. The Balaban J connectivity index is 2.64. The molecule has 1 rings (SSSR count). The number of hydrogen-bond acceptors (Lipinski definition) is 7. The lowest BCUT2D eigenvalue weighted by Crippen LogP contribution is -2.20. The van der Waals surface area contributed by atoms with E-state index in [4.69, 9.17) is 0 Å². The molecule has 0 heterocycles. The van der Waals surface area contributed by atoms with Crippen LogP contribution in [0.3, 0.4) is 0 Å². The lowest BCUT2D eigenvalue weighted by Gasteiger charge is -2.06. The topological polar surface area (TPSA) is 96.0 Å². The van der Waals surface area contributed by atoms with Crippen molar-refractivity contribution < 1.29 is 28.8 Å². The van der Waals surface area contributed by atoms with Gasteiger partial charge in [-0.05, 0) is 18.6 Å². The van der Waals surface area contributed by atoms with Crippen molar-refractivity contribution in [1.29, 1.82) is 0 Å². The molecule has 0 aromatic heterocycles. The largest absolute Gasteiger partial charge is 0.465 e. The van der Waals surface area contributed by atoms with Gasteiger partial charge in [-0.15, -0.1) is 0 Å². The summed E-state index contributed by atoms with van der Waals surface area (Å²) in [6, 6.07) is 7.37. The molecule has 19 heavy (non-hydrogen) atoms. The zero-order valence-corrected chi connectivity index (χ0v) is 11.8. The molecule has 108 valence electrons. The third-order valence-electron chi connectivity index (χ3n) is 1.83. The minimum absolute atomic E-state index is 0.0636. The summed E-state index contributed by atoms with van der Waals surface area (Å²) >= 11 is 0. The normalized spacial score (nSPS) is 12.3. The summed E-state index contributed by atoms with van der Waals surface area (Å²) in [4.78, 5) is 0. The van der Waals surface area contributed by atoms with Gasteiger partial charge in [0.1, 0.15) is 5.75 Å². The minimum atomic E-state index is -4.74. The quantitative estimate of drug-likeness (QED) is 0.669. The van der Waals surface area contributed by atoms with Crippen molar-refractivity contribution in [2.75, 3.05) is 6.61 Å². The predicted molar refractivity (Wildman–Crippen MR) is 66.9 cm³/mol.